The van der Waals surface area contributed by atoms with Crippen LogP contribution in [0.25, 0.3) is 0 Å². The van der Waals surface area contributed by atoms with Crippen LogP contribution in [0.15, 0.2) is 30.3 Å². The van der Waals surface area contributed by atoms with E-state index >= 15 is 0 Å². The molecule has 0 saturated carbocycles. The van der Waals surface area contributed by atoms with Crippen molar-refractivity contribution in [2.45, 2.75) is 46.6 Å². The van der Waals surface area contributed by atoms with Gasteiger partial charge >= 0.3 is 0 Å². The standard InChI is InChI=1S/C22H35N3O2/c1-5-23(6-2)21(26)19-14-16-25(17-15-19)20(18-12-10-9-11-13-18)22(27)24(7-3)8-4/h9-13,19-20H,5-8,14-17H2,1-4H3. The Balaban J connectivity index is 2.14. The van der Waals surface area contributed by atoms with E-state index in [1.165, 1.54) is 0 Å². The van der Waals surface area contributed by atoms with Crippen LogP contribution >= 0.6 is 0 Å². The zero-order valence-electron chi connectivity index (χ0n) is 17.4. The number of carbonyl (C=O) groups is 2. The molecule has 27 heavy (non-hydrogen) atoms. The van der Waals surface area contributed by atoms with Crippen LogP contribution in [-0.4, -0.2) is 65.8 Å². The van der Waals surface area contributed by atoms with Gasteiger partial charge in [-0.05, 0) is 59.2 Å². The minimum atomic E-state index is -0.254. The zero-order valence-corrected chi connectivity index (χ0v) is 17.4. The molecule has 1 atom stereocenters. The first kappa shape index (κ1) is 21.4. The van der Waals surface area contributed by atoms with Crippen molar-refractivity contribution in [3.05, 3.63) is 35.9 Å². The molecule has 0 radical (unpaired) electrons. The second-order valence-corrected chi connectivity index (χ2v) is 7.14. The van der Waals surface area contributed by atoms with Gasteiger partial charge in [0.2, 0.25) is 11.8 Å². The van der Waals surface area contributed by atoms with Gasteiger partial charge in [-0.25, -0.2) is 0 Å². The highest BCUT2D eigenvalue weighted by Crippen LogP contribution is 2.29. The lowest BCUT2D eigenvalue weighted by atomic mass is 9.92. The van der Waals surface area contributed by atoms with Crippen molar-refractivity contribution in [3.63, 3.8) is 0 Å². The lowest BCUT2D eigenvalue weighted by molar-refractivity contribution is -0.139. The molecule has 2 rings (SSSR count). The number of likely N-dealkylation sites (tertiary alicyclic amines) is 1. The summed E-state index contributed by atoms with van der Waals surface area (Å²) in [7, 11) is 0. The Bertz CT molecular complexity index is 589. The van der Waals surface area contributed by atoms with E-state index in [4.69, 9.17) is 0 Å². The first-order chi connectivity index (χ1) is 13.1. The Morgan fingerprint density at radius 3 is 1.93 bits per heavy atom. The number of hydrogen-bond donors (Lipinski definition) is 0. The van der Waals surface area contributed by atoms with E-state index < -0.39 is 0 Å². The third-order valence-electron chi connectivity index (χ3n) is 5.74. The van der Waals surface area contributed by atoms with Gasteiger partial charge < -0.3 is 9.80 Å². The van der Waals surface area contributed by atoms with Crippen molar-refractivity contribution < 1.29 is 9.59 Å². The Morgan fingerprint density at radius 2 is 1.44 bits per heavy atom. The second-order valence-electron chi connectivity index (χ2n) is 7.14. The van der Waals surface area contributed by atoms with Gasteiger partial charge in [0.05, 0.1) is 0 Å². The van der Waals surface area contributed by atoms with E-state index in [0.717, 1.165) is 57.7 Å². The van der Waals surface area contributed by atoms with Crippen LogP contribution < -0.4 is 0 Å². The molecule has 1 aliphatic heterocycles. The average molecular weight is 374 g/mol. The van der Waals surface area contributed by atoms with Gasteiger partial charge in [0.1, 0.15) is 6.04 Å². The molecule has 1 aliphatic rings. The normalized spacial score (nSPS) is 16.7. The van der Waals surface area contributed by atoms with Crippen molar-refractivity contribution >= 4 is 11.8 Å². The fourth-order valence-corrected chi connectivity index (χ4v) is 4.05. The summed E-state index contributed by atoms with van der Waals surface area (Å²) in [6.45, 7) is 12.7. The first-order valence-electron chi connectivity index (χ1n) is 10.4. The van der Waals surface area contributed by atoms with E-state index in [-0.39, 0.29) is 23.8 Å². The summed E-state index contributed by atoms with van der Waals surface area (Å²) in [5.41, 5.74) is 1.04. The lowest BCUT2D eigenvalue weighted by Gasteiger charge is -2.39. The predicted octanol–water partition coefficient (Wildman–Crippen LogP) is 3.18. The maximum Gasteiger partial charge on any atom is 0.244 e. The largest absolute Gasteiger partial charge is 0.343 e. The Morgan fingerprint density at radius 1 is 0.926 bits per heavy atom. The van der Waals surface area contributed by atoms with Gasteiger partial charge in [-0.2, -0.15) is 0 Å². The van der Waals surface area contributed by atoms with E-state index in [2.05, 4.69) is 4.90 Å². The van der Waals surface area contributed by atoms with Crippen molar-refractivity contribution in [2.75, 3.05) is 39.3 Å². The molecule has 150 valence electrons. The molecule has 1 heterocycles. The van der Waals surface area contributed by atoms with Gasteiger partial charge in [-0.1, -0.05) is 30.3 Å². The maximum absolute atomic E-state index is 13.2. The first-order valence-corrected chi connectivity index (χ1v) is 10.4. The number of hydrogen-bond acceptors (Lipinski definition) is 3. The topological polar surface area (TPSA) is 43.9 Å². The highest BCUT2D eigenvalue weighted by Gasteiger charge is 2.35. The summed E-state index contributed by atoms with van der Waals surface area (Å²) in [4.78, 5) is 32.0. The molecule has 1 saturated heterocycles. The Hall–Kier alpha value is -1.88. The van der Waals surface area contributed by atoms with Crippen LogP contribution in [0.5, 0.6) is 0 Å². The number of piperidine rings is 1. The smallest absolute Gasteiger partial charge is 0.244 e. The van der Waals surface area contributed by atoms with Crippen molar-refractivity contribution in [3.8, 4) is 0 Å². The SMILES string of the molecule is CCN(CC)C(=O)C1CCN(C(C(=O)N(CC)CC)c2ccccc2)CC1. The van der Waals surface area contributed by atoms with Crippen LogP contribution in [0.2, 0.25) is 0 Å². The minimum absolute atomic E-state index is 0.0844. The molecule has 0 N–H and O–H groups in total. The third-order valence-corrected chi connectivity index (χ3v) is 5.74. The molecule has 0 aliphatic carbocycles. The Labute approximate surface area is 164 Å². The Kier molecular flexibility index (Phi) is 8.29. The molecule has 0 aromatic heterocycles. The van der Waals surface area contributed by atoms with E-state index in [0.29, 0.717) is 0 Å². The molecule has 0 spiro atoms. The van der Waals surface area contributed by atoms with Crippen LogP contribution in [0, 0.1) is 5.92 Å². The molecule has 1 unspecified atom stereocenters. The molecule has 1 aromatic carbocycles. The van der Waals surface area contributed by atoms with E-state index in [1.54, 1.807) is 0 Å². The van der Waals surface area contributed by atoms with Gasteiger partial charge in [0.25, 0.3) is 0 Å². The fraction of sp³-hybridized carbons (Fsp3) is 0.636. The zero-order chi connectivity index (χ0) is 19.8. The van der Waals surface area contributed by atoms with Gasteiger partial charge in [0.15, 0.2) is 0 Å². The summed E-state index contributed by atoms with van der Waals surface area (Å²) in [6, 6.07) is 9.80. The lowest BCUT2D eigenvalue weighted by Crippen LogP contribution is -2.48. The van der Waals surface area contributed by atoms with Gasteiger partial charge in [-0.15, -0.1) is 0 Å². The summed E-state index contributed by atoms with van der Waals surface area (Å²) < 4.78 is 0. The van der Waals surface area contributed by atoms with Crippen molar-refractivity contribution in [2.24, 2.45) is 5.92 Å². The average Bonchev–Trinajstić information content (AvgIpc) is 2.71. The third kappa shape index (κ3) is 5.10. The number of nitrogens with zero attached hydrogens (tertiary/aromatic N) is 3. The monoisotopic (exact) mass is 373 g/mol. The van der Waals surface area contributed by atoms with Crippen LogP contribution in [0.3, 0.4) is 0 Å². The van der Waals surface area contributed by atoms with Gasteiger partial charge in [0, 0.05) is 32.1 Å². The fourth-order valence-electron chi connectivity index (χ4n) is 4.05. The molecular formula is C22H35N3O2. The second kappa shape index (κ2) is 10.5. The molecular weight excluding hydrogens is 338 g/mol. The maximum atomic E-state index is 13.2. The molecule has 0 bridgehead atoms. The molecule has 5 nitrogen and oxygen atoms in total. The van der Waals surface area contributed by atoms with Crippen LogP contribution in [-0.2, 0) is 9.59 Å². The quantitative estimate of drug-likeness (QED) is 0.703. The van der Waals surface area contributed by atoms with Crippen molar-refractivity contribution in [1.29, 1.82) is 0 Å². The molecule has 1 fully saturated rings. The molecule has 2 amide bonds. The molecule has 1 aromatic rings. The predicted molar refractivity (Wildman–Crippen MR) is 109 cm³/mol. The minimum Gasteiger partial charge on any atom is -0.343 e. The number of amides is 2. The number of likely N-dealkylation sites (N-methyl/N-ethyl adjacent to an activating group) is 1. The summed E-state index contributed by atoms with van der Waals surface area (Å²) in [5, 5.41) is 0. The van der Waals surface area contributed by atoms with Crippen molar-refractivity contribution in [1.82, 2.24) is 14.7 Å². The van der Waals surface area contributed by atoms with E-state index in [9.17, 15) is 9.59 Å². The summed E-state index contributed by atoms with van der Waals surface area (Å²) in [6.07, 6.45) is 1.65. The van der Waals surface area contributed by atoms with Gasteiger partial charge in [-0.3, -0.25) is 14.5 Å². The number of rotatable bonds is 8. The van der Waals surface area contributed by atoms with E-state index in [1.807, 2.05) is 67.8 Å². The highest BCUT2D eigenvalue weighted by molar-refractivity contribution is 5.83. The summed E-state index contributed by atoms with van der Waals surface area (Å²) in [5.74, 6) is 0.520. The summed E-state index contributed by atoms with van der Waals surface area (Å²) >= 11 is 0. The number of carbonyl (C=O) groups excluding carboxylic acids is 2. The highest BCUT2D eigenvalue weighted by atomic mass is 16.2. The van der Waals surface area contributed by atoms with Crippen LogP contribution in [0.1, 0.15) is 52.1 Å². The van der Waals surface area contributed by atoms with Crippen LogP contribution in [0.4, 0.5) is 0 Å². The molecule has 5 heteroatoms. The number of benzene rings is 1.